The highest BCUT2D eigenvalue weighted by Gasteiger charge is 2.18. The Hall–Kier alpha value is -5.02. The van der Waals surface area contributed by atoms with Crippen LogP contribution in [0.25, 0.3) is 6.08 Å². The lowest BCUT2D eigenvalue weighted by Gasteiger charge is -2.15. The highest BCUT2D eigenvalue weighted by atomic mass is 32.2. The number of thioether (sulfide) groups is 1. The first-order valence-electron chi connectivity index (χ1n) is 13.9. The van der Waals surface area contributed by atoms with Gasteiger partial charge >= 0.3 is 0 Å². The van der Waals surface area contributed by atoms with E-state index >= 15 is 0 Å². The number of nitrogens with one attached hydrogen (secondary N) is 3. The average molecular weight is 610 g/mol. The van der Waals surface area contributed by atoms with Gasteiger partial charge in [-0.3, -0.25) is 14.4 Å². The molecule has 3 amide bonds. The highest BCUT2D eigenvalue weighted by molar-refractivity contribution is 8.00. The number of aryl methyl sites for hydroxylation is 2. The van der Waals surface area contributed by atoms with Crippen LogP contribution >= 0.6 is 11.8 Å². The van der Waals surface area contributed by atoms with Gasteiger partial charge in [0.25, 0.3) is 11.8 Å². The van der Waals surface area contributed by atoms with E-state index < -0.39 is 17.1 Å². The Morgan fingerprint density at radius 2 is 1.52 bits per heavy atom. The molecule has 3 N–H and O–H groups in total. The number of hydrogen-bond donors (Lipinski definition) is 3. The van der Waals surface area contributed by atoms with Gasteiger partial charge in [0.2, 0.25) is 5.91 Å². The third-order valence-electron chi connectivity index (χ3n) is 6.82. The summed E-state index contributed by atoms with van der Waals surface area (Å²) in [5.74, 6) is -0.0446. The highest BCUT2D eigenvalue weighted by Crippen LogP contribution is 2.29. The van der Waals surface area contributed by atoms with E-state index in [9.17, 15) is 14.4 Å². The molecule has 0 spiro atoms. The van der Waals surface area contributed by atoms with E-state index in [-0.39, 0.29) is 11.6 Å². The fourth-order valence-electron chi connectivity index (χ4n) is 4.20. The Morgan fingerprint density at radius 3 is 2.23 bits per heavy atom. The number of carbonyl (C=O) groups is 3. The molecule has 4 rings (SSSR count). The molecule has 1 unspecified atom stereocenters. The molecular formula is C35H35N3O5S. The first kappa shape index (κ1) is 31.9. The summed E-state index contributed by atoms with van der Waals surface area (Å²) in [6.07, 6.45) is 1.55. The Morgan fingerprint density at radius 1 is 0.773 bits per heavy atom. The van der Waals surface area contributed by atoms with Crippen LogP contribution in [-0.4, -0.2) is 37.2 Å². The smallest absolute Gasteiger partial charge is 0.272 e. The molecule has 1 atom stereocenters. The zero-order chi connectivity index (χ0) is 31.6. The fraction of sp³-hybridized carbons (Fsp3) is 0.171. The lowest BCUT2D eigenvalue weighted by Crippen LogP contribution is -2.30. The lowest BCUT2D eigenvalue weighted by molar-refractivity contribution is -0.115. The molecule has 44 heavy (non-hydrogen) atoms. The second kappa shape index (κ2) is 14.9. The van der Waals surface area contributed by atoms with Gasteiger partial charge in [0.15, 0.2) is 0 Å². The van der Waals surface area contributed by atoms with Crippen LogP contribution in [0.4, 0.5) is 11.4 Å². The molecule has 0 saturated carbocycles. The third kappa shape index (κ3) is 8.52. The minimum Gasteiger partial charge on any atom is -0.497 e. The molecule has 0 bridgehead atoms. The molecule has 0 aromatic heterocycles. The molecule has 4 aromatic rings. The second-order valence-corrected chi connectivity index (χ2v) is 11.4. The molecule has 0 fully saturated rings. The molecule has 0 aliphatic heterocycles. The van der Waals surface area contributed by atoms with Crippen molar-refractivity contribution in [2.24, 2.45) is 0 Å². The molecule has 0 radical (unpaired) electrons. The van der Waals surface area contributed by atoms with Gasteiger partial charge < -0.3 is 25.4 Å². The topological polar surface area (TPSA) is 106 Å². The molecule has 0 aliphatic rings. The number of methoxy groups -OCH3 is 2. The summed E-state index contributed by atoms with van der Waals surface area (Å²) in [7, 11) is 3.06. The van der Waals surface area contributed by atoms with Crippen molar-refractivity contribution in [3.05, 3.63) is 119 Å². The van der Waals surface area contributed by atoms with E-state index in [0.717, 1.165) is 21.7 Å². The molecule has 8 nitrogen and oxygen atoms in total. The van der Waals surface area contributed by atoms with E-state index in [2.05, 4.69) is 16.0 Å². The molecule has 0 heterocycles. The van der Waals surface area contributed by atoms with Crippen LogP contribution in [0.1, 0.15) is 34.0 Å². The maximum atomic E-state index is 13.6. The van der Waals surface area contributed by atoms with E-state index in [1.54, 1.807) is 79.9 Å². The van der Waals surface area contributed by atoms with Crippen molar-refractivity contribution in [1.82, 2.24) is 5.32 Å². The maximum absolute atomic E-state index is 13.6. The van der Waals surface area contributed by atoms with Crippen molar-refractivity contribution < 1.29 is 23.9 Å². The van der Waals surface area contributed by atoms with Gasteiger partial charge in [-0.2, -0.15) is 0 Å². The van der Waals surface area contributed by atoms with Crippen LogP contribution < -0.4 is 25.4 Å². The first-order valence-corrected chi connectivity index (χ1v) is 14.8. The van der Waals surface area contributed by atoms with Crippen LogP contribution in [0.15, 0.2) is 102 Å². The second-order valence-electron chi connectivity index (χ2n) is 10.0. The minimum atomic E-state index is -0.533. The standard InChI is InChI=1S/C35H35N3O5S/c1-22-14-16-28(18-23(22)2)36-33(39)24(3)44-30-13-9-12-27(20-30)37-35(41)31(38-34(40)25-10-7-6-8-11-25)19-26-15-17-29(42-4)21-32(26)43-5/h6-21,24H,1-5H3,(H,36,39)(H,37,41)(H,38,40)/b31-19+. The number of amides is 3. The Balaban J connectivity index is 1.52. The Bertz CT molecular complexity index is 1690. The SMILES string of the molecule is COc1ccc(/C=C(/NC(=O)c2ccccc2)C(=O)Nc2cccc(SC(C)C(=O)Nc3ccc(C)c(C)c3)c2)c(OC)c1. The van der Waals surface area contributed by atoms with E-state index in [0.29, 0.717) is 28.3 Å². The first-order chi connectivity index (χ1) is 21.2. The number of carbonyl (C=O) groups excluding carboxylic acids is 3. The summed E-state index contributed by atoms with van der Waals surface area (Å²) in [6.45, 7) is 5.86. The van der Waals surface area contributed by atoms with Crippen molar-refractivity contribution in [2.45, 2.75) is 30.9 Å². The Labute approximate surface area is 261 Å². The van der Waals surface area contributed by atoms with Gasteiger partial charge in [-0.15, -0.1) is 11.8 Å². The lowest BCUT2D eigenvalue weighted by atomic mass is 10.1. The van der Waals surface area contributed by atoms with Crippen molar-refractivity contribution >= 4 is 46.9 Å². The zero-order valence-electron chi connectivity index (χ0n) is 25.3. The quantitative estimate of drug-likeness (QED) is 0.127. The number of benzene rings is 4. The van der Waals surface area contributed by atoms with Gasteiger partial charge in [0.1, 0.15) is 17.2 Å². The van der Waals surface area contributed by atoms with E-state index in [4.69, 9.17) is 9.47 Å². The summed E-state index contributed by atoms with van der Waals surface area (Å²) in [5, 5.41) is 8.18. The molecule has 4 aromatic carbocycles. The zero-order valence-corrected chi connectivity index (χ0v) is 26.1. The number of hydrogen-bond acceptors (Lipinski definition) is 6. The summed E-state index contributed by atoms with van der Waals surface area (Å²) < 4.78 is 10.8. The van der Waals surface area contributed by atoms with Crippen molar-refractivity contribution in [3.8, 4) is 11.5 Å². The van der Waals surface area contributed by atoms with Crippen LogP contribution in [0.2, 0.25) is 0 Å². The largest absolute Gasteiger partial charge is 0.497 e. The van der Waals surface area contributed by atoms with Gasteiger partial charge in [-0.05, 0) is 92.6 Å². The summed E-state index contributed by atoms with van der Waals surface area (Å²) >= 11 is 1.37. The maximum Gasteiger partial charge on any atom is 0.272 e. The molecular weight excluding hydrogens is 574 g/mol. The van der Waals surface area contributed by atoms with Gasteiger partial charge in [0.05, 0.1) is 19.5 Å². The van der Waals surface area contributed by atoms with E-state index in [1.165, 1.54) is 18.9 Å². The van der Waals surface area contributed by atoms with Crippen molar-refractivity contribution in [3.63, 3.8) is 0 Å². The Kier molecular flexibility index (Phi) is 10.8. The fourth-order valence-corrected chi connectivity index (χ4v) is 5.13. The number of rotatable bonds is 11. The van der Waals surface area contributed by atoms with Crippen LogP contribution in [0.3, 0.4) is 0 Å². The molecule has 0 saturated heterocycles. The average Bonchev–Trinajstić information content (AvgIpc) is 3.03. The van der Waals surface area contributed by atoms with Gasteiger partial charge in [0, 0.05) is 33.5 Å². The van der Waals surface area contributed by atoms with Gasteiger partial charge in [-0.1, -0.05) is 30.3 Å². The summed E-state index contributed by atoms with van der Waals surface area (Å²) in [4.78, 5) is 40.3. The van der Waals surface area contributed by atoms with Crippen LogP contribution in [0.5, 0.6) is 11.5 Å². The van der Waals surface area contributed by atoms with Crippen LogP contribution in [-0.2, 0) is 9.59 Å². The monoisotopic (exact) mass is 609 g/mol. The summed E-state index contributed by atoms with van der Waals surface area (Å²) in [6, 6.07) is 26.8. The predicted octanol–water partition coefficient (Wildman–Crippen LogP) is 6.85. The molecule has 226 valence electrons. The number of anilines is 2. The summed E-state index contributed by atoms with van der Waals surface area (Å²) in [5.41, 5.74) is 4.50. The van der Waals surface area contributed by atoms with E-state index in [1.807, 2.05) is 45.0 Å². The van der Waals surface area contributed by atoms with Crippen molar-refractivity contribution in [2.75, 3.05) is 24.9 Å². The van der Waals surface area contributed by atoms with Crippen LogP contribution in [0, 0.1) is 13.8 Å². The third-order valence-corrected chi connectivity index (χ3v) is 7.91. The van der Waals surface area contributed by atoms with Crippen molar-refractivity contribution in [1.29, 1.82) is 0 Å². The normalized spacial score (nSPS) is 11.7. The molecule has 0 aliphatic carbocycles. The number of ether oxygens (including phenoxy) is 2. The predicted molar refractivity (Wildman–Crippen MR) is 176 cm³/mol. The molecule has 9 heteroatoms. The minimum absolute atomic E-state index is 0.0153. The van der Waals surface area contributed by atoms with Gasteiger partial charge in [-0.25, -0.2) is 0 Å².